The highest BCUT2D eigenvalue weighted by Crippen LogP contribution is 2.01. The first kappa shape index (κ1) is 13.2. The second-order valence-corrected chi connectivity index (χ2v) is 3.75. The maximum atomic E-state index is 5.49. The van der Waals surface area contributed by atoms with Crippen LogP contribution in [0.15, 0.2) is 12.5 Å². The third-order valence-corrected chi connectivity index (χ3v) is 2.52. The average Bonchev–Trinajstić information content (AvgIpc) is 2.72. The zero-order valence-electron chi connectivity index (χ0n) is 10.2. The summed E-state index contributed by atoms with van der Waals surface area (Å²) < 4.78 is 7.10. The third kappa shape index (κ3) is 4.30. The fraction of sp³-hybridized carbons (Fsp3) is 0.727. The Hall–Kier alpha value is -0.910. The quantitative estimate of drug-likeness (QED) is 0.693. The molecule has 16 heavy (non-hydrogen) atoms. The topological polar surface area (TPSA) is 56.3 Å². The van der Waals surface area contributed by atoms with Crippen LogP contribution in [-0.4, -0.2) is 47.8 Å². The maximum absolute atomic E-state index is 5.49. The maximum Gasteiger partial charge on any atom is 0.0950 e. The van der Waals surface area contributed by atoms with E-state index in [1.54, 1.807) is 7.11 Å². The molecule has 92 valence electrons. The highest BCUT2D eigenvalue weighted by atomic mass is 16.5. The smallest absolute Gasteiger partial charge is 0.0950 e. The summed E-state index contributed by atoms with van der Waals surface area (Å²) in [4.78, 5) is 6.66. The minimum absolute atomic E-state index is 0.650. The molecule has 0 amide bonds. The molecule has 0 unspecified atom stereocenters. The van der Waals surface area contributed by atoms with Gasteiger partial charge in [-0.2, -0.15) is 0 Å². The first-order valence-corrected chi connectivity index (χ1v) is 5.72. The Labute approximate surface area is 97.2 Å². The van der Waals surface area contributed by atoms with Gasteiger partial charge in [-0.25, -0.2) is 4.98 Å². The first-order valence-electron chi connectivity index (χ1n) is 5.72. The van der Waals surface area contributed by atoms with Crippen molar-refractivity contribution >= 4 is 0 Å². The fourth-order valence-electron chi connectivity index (χ4n) is 1.56. The van der Waals surface area contributed by atoms with Crippen molar-refractivity contribution in [2.45, 2.75) is 20.0 Å². The number of rotatable bonds is 8. The standard InChI is InChI=1S/C11H22N4O/c1-3-14(6-7-16-2)8-11-9-15(5-4-12)10-13-11/h9-10H,3-8,12H2,1-2H3. The van der Waals surface area contributed by atoms with E-state index >= 15 is 0 Å². The summed E-state index contributed by atoms with van der Waals surface area (Å²) in [5.41, 5.74) is 6.58. The Balaban J connectivity index is 2.43. The molecule has 0 saturated heterocycles. The minimum Gasteiger partial charge on any atom is -0.383 e. The number of imidazole rings is 1. The van der Waals surface area contributed by atoms with Crippen molar-refractivity contribution < 1.29 is 4.74 Å². The predicted octanol–water partition coefficient (Wildman–Crippen LogP) is 0.310. The lowest BCUT2D eigenvalue weighted by atomic mass is 10.4. The Morgan fingerprint density at radius 1 is 1.56 bits per heavy atom. The highest BCUT2D eigenvalue weighted by molar-refractivity contribution is 4.96. The number of methoxy groups -OCH3 is 1. The van der Waals surface area contributed by atoms with Gasteiger partial charge in [-0.1, -0.05) is 6.92 Å². The normalized spacial score (nSPS) is 11.2. The summed E-state index contributed by atoms with van der Waals surface area (Å²) in [5.74, 6) is 0. The molecule has 0 aliphatic carbocycles. The van der Waals surface area contributed by atoms with Crippen LogP contribution < -0.4 is 5.73 Å². The number of hydrogen-bond donors (Lipinski definition) is 1. The number of aromatic nitrogens is 2. The third-order valence-electron chi connectivity index (χ3n) is 2.52. The van der Waals surface area contributed by atoms with Gasteiger partial charge in [0.25, 0.3) is 0 Å². The molecule has 1 aromatic heterocycles. The predicted molar refractivity (Wildman–Crippen MR) is 64.1 cm³/mol. The zero-order valence-corrected chi connectivity index (χ0v) is 10.2. The molecular formula is C11H22N4O. The summed E-state index contributed by atoms with van der Waals surface area (Å²) >= 11 is 0. The van der Waals surface area contributed by atoms with Crippen molar-refractivity contribution in [2.75, 3.05) is 33.4 Å². The van der Waals surface area contributed by atoms with Gasteiger partial charge in [0, 0.05) is 39.5 Å². The van der Waals surface area contributed by atoms with Gasteiger partial charge in [-0.15, -0.1) is 0 Å². The van der Waals surface area contributed by atoms with Crippen molar-refractivity contribution in [3.63, 3.8) is 0 Å². The lowest BCUT2D eigenvalue weighted by Gasteiger charge is -2.18. The molecule has 2 N–H and O–H groups in total. The monoisotopic (exact) mass is 226 g/mol. The van der Waals surface area contributed by atoms with E-state index in [1.807, 2.05) is 10.9 Å². The van der Waals surface area contributed by atoms with Crippen LogP contribution >= 0.6 is 0 Å². The molecule has 5 nitrogen and oxygen atoms in total. The summed E-state index contributed by atoms with van der Waals surface area (Å²) in [5, 5.41) is 0. The van der Waals surface area contributed by atoms with Gasteiger partial charge in [-0.05, 0) is 6.54 Å². The number of hydrogen-bond acceptors (Lipinski definition) is 4. The van der Waals surface area contributed by atoms with Crippen molar-refractivity contribution in [1.82, 2.24) is 14.5 Å². The molecule has 0 aliphatic rings. The molecule has 0 bridgehead atoms. The van der Waals surface area contributed by atoms with Gasteiger partial charge in [0.2, 0.25) is 0 Å². The van der Waals surface area contributed by atoms with E-state index in [-0.39, 0.29) is 0 Å². The SMILES string of the molecule is CCN(CCOC)Cc1cn(CCN)cn1. The molecule has 0 aromatic carbocycles. The van der Waals surface area contributed by atoms with Crippen molar-refractivity contribution in [1.29, 1.82) is 0 Å². The average molecular weight is 226 g/mol. The lowest BCUT2D eigenvalue weighted by Crippen LogP contribution is -2.26. The van der Waals surface area contributed by atoms with Crippen LogP contribution in [0.2, 0.25) is 0 Å². The highest BCUT2D eigenvalue weighted by Gasteiger charge is 2.05. The van der Waals surface area contributed by atoms with Gasteiger partial charge >= 0.3 is 0 Å². The van der Waals surface area contributed by atoms with Crippen LogP contribution in [0.1, 0.15) is 12.6 Å². The molecule has 0 spiro atoms. The van der Waals surface area contributed by atoms with E-state index in [9.17, 15) is 0 Å². The lowest BCUT2D eigenvalue weighted by molar-refractivity contribution is 0.147. The van der Waals surface area contributed by atoms with Crippen molar-refractivity contribution in [3.05, 3.63) is 18.2 Å². The molecule has 0 radical (unpaired) electrons. The molecule has 0 fully saturated rings. The summed E-state index contributed by atoms with van der Waals surface area (Å²) in [7, 11) is 1.73. The molecule has 0 saturated carbocycles. The molecule has 0 atom stereocenters. The van der Waals surface area contributed by atoms with Gasteiger partial charge in [-0.3, -0.25) is 4.90 Å². The number of nitrogens with zero attached hydrogens (tertiary/aromatic N) is 3. The van der Waals surface area contributed by atoms with Crippen molar-refractivity contribution in [2.24, 2.45) is 5.73 Å². The van der Waals surface area contributed by atoms with E-state index in [4.69, 9.17) is 10.5 Å². The number of likely N-dealkylation sites (N-methyl/N-ethyl adjacent to an activating group) is 1. The molecule has 1 aromatic rings. The molecule has 1 heterocycles. The van der Waals surface area contributed by atoms with Crippen LogP contribution in [0.3, 0.4) is 0 Å². The molecular weight excluding hydrogens is 204 g/mol. The van der Waals surface area contributed by atoms with Gasteiger partial charge < -0.3 is 15.0 Å². The summed E-state index contributed by atoms with van der Waals surface area (Å²) in [6, 6.07) is 0. The van der Waals surface area contributed by atoms with E-state index in [2.05, 4.69) is 23.0 Å². The van der Waals surface area contributed by atoms with E-state index in [0.717, 1.165) is 38.5 Å². The Morgan fingerprint density at radius 2 is 2.38 bits per heavy atom. The van der Waals surface area contributed by atoms with Crippen LogP contribution in [0.25, 0.3) is 0 Å². The first-order chi connectivity index (χ1) is 7.80. The molecule has 5 heteroatoms. The minimum atomic E-state index is 0.650. The number of nitrogens with two attached hydrogens (primary N) is 1. The Kier molecular flexibility index (Phi) is 6.07. The Morgan fingerprint density at radius 3 is 3.00 bits per heavy atom. The second-order valence-electron chi connectivity index (χ2n) is 3.75. The molecule has 0 aliphatic heterocycles. The summed E-state index contributed by atoms with van der Waals surface area (Å²) in [6.07, 6.45) is 3.90. The van der Waals surface area contributed by atoms with E-state index in [0.29, 0.717) is 6.54 Å². The van der Waals surface area contributed by atoms with E-state index < -0.39 is 0 Å². The number of ether oxygens (including phenoxy) is 1. The van der Waals surface area contributed by atoms with Crippen LogP contribution in [0.4, 0.5) is 0 Å². The van der Waals surface area contributed by atoms with E-state index in [1.165, 1.54) is 0 Å². The second kappa shape index (κ2) is 7.38. The van der Waals surface area contributed by atoms with Gasteiger partial charge in [0.05, 0.1) is 18.6 Å². The van der Waals surface area contributed by atoms with Crippen LogP contribution in [0, 0.1) is 0 Å². The Bertz CT molecular complexity index is 287. The van der Waals surface area contributed by atoms with Crippen molar-refractivity contribution in [3.8, 4) is 0 Å². The largest absolute Gasteiger partial charge is 0.383 e. The fourth-order valence-corrected chi connectivity index (χ4v) is 1.56. The van der Waals surface area contributed by atoms with Crippen LogP contribution in [0.5, 0.6) is 0 Å². The van der Waals surface area contributed by atoms with Crippen LogP contribution in [-0.2, 0) is 17.8 Å². The van der Waals surface area contributed by atoms with Gasteiger partial charge in [0.15, 0.2) is 0 Å². The zero-order chi connectivity index (χ0) is 11.8. The molecule has 1 rings (SSSR count). The summed E-state index contributed by atoms with van der Waals surface area (Å²) in [6.45, 7) is 7.21. The van der Waals surface area contributed by atoms with Gasteiger partial charge in [0.1, 0.15) is 0 Å².